The van der Waals surface area contributed by atoms with Crippen LogP contribution in [0.2, 0.25) is 0 Å². The quantitative estimate of drug-likeness (QED) is 0.602. The summed E-state index contributed by atoms with van der Waals surface area (Å²) in [7, 11) is 0. The van der Waals surface area contributed by atoms with Crippen molar-refractivity contribution in [3.05, 3.63) is 42.5 Å². The Labute approximate surface area is 123 Å². The number of benzene rings is 1. The van der Waals surface area contributed by atoms with E-state index in [9.17, 15) is 30.3 Å². The van der Waals surface area contributed by atoms with Gasteiger partial charge in [0, 0.05) is 38.6 Å². The van der Waals surface area contributed by atoms with Gasteiger partial charge in [-0.3, -0.25) is 30.3 Å². The minimum absolute atomic E-state index is 0. The van der Waals surface area contributed by atoms with Crippen LogP contribution in [0.25, 0.3) is 0 Å². The molecule has 0 amide bonds. The van der Waals surface area contributed by atoms with Crippen molar-refractivity contribution in [2.45, 2.75) is 0 Å². The maximum Gasteiger partial charge on any atom is 0.324 e. The van der Waals surface area contributed by atoms with Crippen LogP contribution in [0, 0.1) is 69.0 Å². The number of hydrogen-bond acceptors (Lipinski definition) is 7. The first kappa shape index (κ1) is 15.5. The van der Waals surface area contributed by atoms with Gasteiger partial charge in [-0.05, 0) is 0 Å². The standard InChI is InChI=1S/C6H3N3O7.Tb/c10-6-4(8(13)14)1-3(7(11)12)2-5(6)9(15)16;/h1-2,10H;. The van der Waals surface area contributed by atoms with Crippen LogP contribution in [0.3, 0.4) is 0 Å². The van der Waals surface area contributed by atoms with E-state index in [0.717, 1.165) is 0 Å². The molecule has 11 heteroatoms. The van der Waals surface area contributed by atoms with Crippen LogP contribution < -0.4 is 0 Å². The number of nitro benzene ring substituents is 3. The number of aromatic hydroxyl groups is 1. The number of non-ortho nitro benzene ring substituents is 1. The van der Waals surface area contributed by atoms with E-state index >= 15 is 0 Å². The van der Waals surface area contributed by atoms with Crippen molar-refractivity contribution in [2.75, 3.05) is 0 Å². The van der Waals surface area contributed by atoms with Crippen LogP contribution in [0.1, 0.15) is 0 Å². The SMILES string of the molecule is O=[N+]([O-])c1cc([N+](=O)[O-])c(O)c([N+](=O)[O-])c1.[Tb]. The van der Waals surface area contributed by atoms with Crippen LogP contribution in [-0.2, 0) is 0 Å². The Hall–Kier alpha value is -1.49. The summed E-state index contributed by atoms with van der Waals surface area (Å²) in [5.41, 5.74) is -3.00. The third-order valence-electron chi connectivity index (χ3n) is 1.66. The predicted molar refractivity (Wildman–Crippen MR) is 48.1 cm³/mol. The fourth-order valence-electron chi connectivity index (χ4n) is 0.974. The first-order chi connectivity index (χ1) is 7.34. The molecule has 0 aliphatic rings. The molecular weight excluding hydrogens is 385 g/mol. The maximum atomic E-state index is 10.4. The molecule has 0 unspecified atom stereocenters. The van der Waals surface area contributed by atoms with E-state index in [4.69, 9.17) is 5.11 Å². The Bertz CT molecular complexity index is 467. The van der Waals surface area contributed by atoms with Gasteiger partial charge in [0.15, 0.2) is 0 Å². The van der Waals surface area contributed by atoms with Crippen molar-refractivity contribution in [2.24, 2.45) is 0 Å². The molecule has 0 bridgehead atoms. The molecule has 0 aromatic heterocycles. The summed E-state index contributed by atoms with van der Waals surface area (Å²) in [6.45, 7) is 0. The first-order valence-electron chi connectivity index (χ1n) is 3.64. The van der Waals surface area contributed by atoms with E-state index in [2.05, 4.69) is 0 Å². The minimum Gasteiger partial charge on any atom is -0.497 e. The fourth-order valence-corrected chi connectivity index (χ4v) is 0.974. The Morgan fingerprint density at radius 2 is 1.24 bits per heavy atom. The summed E-state index contributed by atoms with van der Waals surface area (Å²) < 4.78 is 0. The zero-order valence-corrected chi connectivity index (χ0v) is 9.87. The molecule has 0 saturated heterocycles. The Kier molecular flexibility index (Phi) is 5.22. The van der Waals surface area contributed by atoms with Crippen molar-refractivity contribution in [3.8, 4) is 5.75 Å². The van der Waals surface area contributed by atoms with Crippen molar-refractivity contribution in [1.82, 2.24) is 0 Å². The van der Waals surface area contributed by atoms with E-state index in [1.807, 2.05) is 0 Å². The van der Waals surface area contributed by atoms with Gasteiger partial charge in [0.2, 0.25) is 0 Å². The Morgan fingerprint density at radius 3 is 1.47 bits per heavy atom. The summed E-state index contributed by atoms with van der Waals surface area (Å²) in [5, 5.41) is 40.2. The molecule has 17 heavy (non-hydrogen) atoms. The number of hydrogen-bond donors (Lipinski definition) is 1. The van der Waals surface area contributed by atoms with Gasteiger partial charge in [-0.25, -0.2) is 0 Å². The van der Waals surface area contributed by atoms with Crippen LogP contribution in [-0.4, -0.2) is 19.9 Å². The molecule has 1 aromatic rings. The molecule has 10 nitrogen and oxygen atoms in total. The molecule has 0 atom stereocenters. The summed E-state index contributed by atoms with van der Waals surface area (Å²) in [6, 6.07) is 0.894. The fraction of sp³-hybridized carbons (Fsp3) is 0. The van der Waals surface area contributed by atoms with Gasteiger partial charge in [-0.1, -0.05) is 0 Å². The average molecular weight is 388 g/mol. The van der Waals surface area contributed by atoms with Gasteiger partial charge in [-0.15, -0.1) is 0 Å². The minimum atomic E-state index is -1.21. The van der Waals surface area contributed by atoms with Crippen LogP contribution in [0.4, 0.5) is 17.1 Å². The topological polar surface area (TPSA) is 150 Å². The van der Waals surface area contributed by atoms with Gasteiger partial charge >= 0.3 is 11.4 Å². The molecule has 1 rings (SSSR count). The Morgan fingerprint density at radius 1 is 0.882 bits per heavy atom. The van der Waals surface area contributed by atoms with Crippen LogP contribution in [0.5, 0.6) is 5.75 Å². The molecule has 1 N–H and O–H groups in total. The van der Waals surface area contributed by atoms with Gasteiger partial charge in [0.05, 0.1) is 26.9 Å². The number of phenols is 1. The van der Waals surface area contributed by atoms with Crippen LogP contribution >= 0.6 is 0 Å². The van der Waals surface area contributed by atoms with Crippen LogP contribution in [0.15, 0.2) is 12.1 Å². The molecule has 1 radical (unpaired) electrons. The third-order valence-corrected chi connectivity index (χ3v) is 1.66. The number of nitrogens with zero attached hydrogens (tertiary/aromatic N) is 3. The predicted octanol–water partition coefficient (Wildman–Crippen LogP) is 1.12. The van der Waals surface area contributed by atoms with E-state index in [1.54, 1.807) is 0 Å². The number of rotatable bonds is 3. The van der Waals surface area contributed by atoms with E-state index < -0.39 is 37.6 Å². The molecule has 0 saturated carbocycles. The number of nitro groups is 3. The second-order valence-electron chi connectivity index (χ2n) is 2.60. The van der Waals surface area contributed by atoms with Crippen molar-refractivity contribution < 1.29 is 58.5 Å². The third kappa shape index (κ3) is 3.23. The molecule has 0 heterocycles. The van der Waals surface area contributed by atoms with Gasteiger partial charge in [0.1, 0.15) is 0 Å². The average Bonchev–Trinajstić information content (AvgIpc) is 2.16. The van der Waals surface area contributed by atoms with Gasteiger partial charge < -0.3 is 5.11 Å². The molecule has 0 aliphatic heterocycles. The number of phenolic OH excluding ortho intramolecular Hbond substituents is 1. The summed E-state index contributed by atoms with van der Waals surface area (Å²) in [4.78, 5) is 27.8. The Balaban J connectivity index is 0.00000256. The van der Waals surface area contributed by atoms with Gasteiger partial charge in [-0.2, -0.15) is 0 Å². The molecule has 0 aliphatic carbocycles. The van der Waals surface area contributed by atoms with E-state index in [1.165, 1.54) is 0 Å². The van der Waals surface area contributed by atoms with Crippen molar-refractivity contribution >= 4 is 17.1 Å². The smallest absolute Gasteiger partial charge is 0.324 e. The largest absolute Gasteiger partial charge is 0.497 e. The summed E-state index contributed by atoms with van der Waals surface area (Å²) in [5.74, 6) is -1.21. The molecule has 0 fully saturated rings. The van der Waals surface area contributed by atoms with Crippen molar-refractivity contribution in [3.63, 3.8) is 0 Å². The molecule has 93 valence electrons. The second-order valence-corrected chi connectivity index (χ2v) is 2.60. The summed E-state index contributed by atoms with van der Waals surface area (Å²) in [6.07, 6.45) is 0. The molecule has 1 aromatic carbocycles. The maximum absolute atomic E-state index is 10.4. The molecule has 0 spiro atoms. The monoisotopic (exact) mass is 388 g/mol. The normalized spacial score (nSPS) is 9.18. The van der Waals surface area contributed by atoms with Crippen molar-refractivity contribution in [1.29, 1.82) is 0 Å². The van der Waals surface area contributed by atoms with E-state index in [0.29, 0.717) is 12.1 Å². The second kappa shape index (κ2) is 5.72. The first-order valence-corrected chi connectivity index (χ1v) is 3.64. The zero-order chi connectivity index (χ0) is 12.5. The summed E-state index contributed by atoms with van der Waals surface area (Å²) >= 11 is 0. The molecular formula is C6H3N3O7Tb. The zero-order valence-electron chi connectivity index (χ0n) is 7.73. The van der Waals surface area contributed by atoms with E-state index in [-0.39, 0.29) is 38.6 Å². The van der Waals surface area contributed by atoms with Gasteiger partial charge in [0.25, 0.3) is 11.4 Å².